The summed E-state index contributed by atoms with van der Waals surface area (Å²) in [6, 6.07) is 2.15. The summed E-state index contributed by atoms with van der Waals surface area (Å²) in [5.41, 5.74) is -0.677. The Labute approximate surface area is 73.0 Å². The van der Waals surface area contributed by atoms with E-state index in [1.54, 1.807) is 6.92 Å². The number of aliphatic hydroxyl groups is 1. The first kappa shape index (κ1) is 9.50. The normalized spacial score (nSPS) is 21.4. The van der Waals surface area contributed by atoms with Crippen LogP contribution in [0.2, 0.25) is 0 Å². The molecule has 1 unspecified atom stereocenters. The summed E-state index contributed by atoms with van der Waals surface area (Å²) in [5.74, 6) is 0.674. The summed E-state index contributed by atoms with van der Waals surface area (Å²) in [6.07, 6.45) is 3.25. The summed E-state index contributed by atoms with van der Waals surface area (Å²) in [7, 11) is 0. The molecule has 1 aliphatic carbocycles. The summed E-state index contributed by atoms with van der Waals surface area (Å²) in [5, 5.41) is 17.4. The minimum Gasteiger partial charge on any atom is -0.394 e. The summed E-state index contributed by atoms with van der Waals surface area (Å²) in [6.45, 7) is 2.04. The van der Waals surface area contributed by atoms with E-state index in [1.165, 1.54) is 12.8 Å². The molecule has 12 heavy (non-hydrogen) atoms. The van der Waals surface area contributed by atoms with Crippen molar-refractivity contribution in [1.29, 1.82) is 5.26 Å². The van der Waals surface area contributed by atoms with Crippen LogP contribution >= 0.6 is 0 Å². The first-order valence-corrected chi connectivity index (χ1v) is 4.36. The van der Waals surface area contributed by atoms with E-state index in [-0.39, 0.29) is 13.2 Å². The van der Waals surface area contributed by atoms with Crippen molar-refractivity contribution in [2.75, 3.05) is 13.2 Å². The molecule has 0 aromatic heterocycles. The Bertz CT molecular complexity index is 183. The van der Waals surface area contributed by atoms with Crippen LogP contribution in [0, 0.1) is 17.2 Å². The van der Waals surface area contributed by atoms with Gasteiger partial charge in [0.25, 0.3) is 0 Å². The van der Waals surface area contributed by atoms with Gasteiger partial charge in [0.1, 0.15) is 0 Å². The number of hydrogen-bond acceptors (Lipinski definition) is 3. The van der Waals surface area contributed by atoms with Crippen LogP contribution in [-0.2, 0) is 4.74 Å². The highest BCUT2D eigenvalue weighted by Crippen LogP contribution is 2.37. The van der Waals surface area contributed by atoms with Crippen LogP contribution in [0.3, 0.4) is 0 Å². The molecule has 1 atom stereocenters. The highest BCUT2D eigenvalue weighted by Gasteiger charge is 2.33. The third kappa shape index (κ3) is 2.80. The van der Waals surface area contributed by atoms with Crippen molar-refractivity contribution in [3.05, 3.63) is 0 Å². The minimum absolute atomic E-state index is 0.0120. The van der Waals surface area contributed by atoms with Crippen LogP contribution in [0.4, 0.5) is 0 Å². The van der Waals surface area contributed by atoms with E-state index in [1.807, 2.05) is 0 Å². The van der Waals surface area contributed by atoms with E-state index >= 15 is 0 Å². The fourth-order valence-electron chi connectivity index (χ4n) is 1.28. The van der Waals surface area contributed by atoms with E-state index in [9.17, 15) is 0 Å². The molecule has 3 nitrogen and oxygen atoms in total. The van der Waals surface area contributed by atoms with Crippen molar-refractivity contribution in [1.82, 2.24) is 0 Å². The van der Waals surface area contributed by atoms with Crippen molar-refractivity contribution in [3.8, 4) is 6.07 Å². The first-order valence-electron chi connectivity index (χ1n) is 4.36. The highest BCUT2D eigenvalue weighted by atomic mass is 16.5. The fraction of sp³-hybridized carbons (Fsp3) is 0.889. The fourth-order valence-corrected chi connectivity index (χ4v) is 1.28. The van der Waals surface area contributed by atoms with E-state index in [2.05, 4.69) is 6.07 Å². The van der Waals surface area contributed by atoms with Gasteiger partial charge in [0.2, 0.25) is 0 Å². The van der Waals surface area contributed by atoms with Crippen LogP contribution in [0.25, 0.3) is 0 Å². The molecule has 0 bridgehead atoms. The zero-order valence-electron chi connectivity index (χ0n) is 7.42. The van der Waals surface area contributed by atoms with Gasteiger partial charge >= 0.3 is 0 Å². The number of rotatable bonds is 5. The van der Waals surface area contributed by atoms with Crippen molar-refractivity contribution in [2.24, 2.45) is 5.92 Å². The topological polar surface area (TPSA) is 53.2 Å². The van der Waals surface area contributed by atoms with Crippen LogP contribution < -0.4 is 0 Å². The number of aliphatic hydroxyl groups excluding tert-OH is 1. The molecule has 0 heterocycles. The lowest BCUT2D eigenvalue weighted by molar-refractivity contribution is -0.0157. The molecule has 0 aliphatic heterocycles. The maximum atomic E-state index is 8.83. The standard InChI is InChI=1S/C9H15NO2/c1-9(7-10,12-5-4-11)6-8-2-3-8/h8,11H,2-6H2,1H3. The molecular formula is C9H15NO2. The Morgan fingerprint density at radius 1 is 1.67 bits per heavy atom. The van der Waals surface area contributed by atoms with Crippen LogP contribution in [0.1, 0.15) is 26.2 Å². The number of nitriles is 1. The van der Waals surface area contributed by atoms with Gasteiger partial charge in [0, 0.05) is 0 Å². The van der Waals surface area contributed by atoms with Gasteiger partial charge in [0.15, 0.2) is 5.60 Å². The monoisotopic (exact) mass is 169 g/mol. The van der Waals surface area contributed by atoms with Crippen LogP contribution in [0.15, 0.2) is 0 Å². The Hall–Kier alpha value is -0.590. The van der Waals surface area contributed by atoms with Gasteiger partial charge in [-0.2, -0.15) is 5.26 Å². The molecule has 1 N–H and O–H groups in total. The summed E-state index contributed by atoms with van der Waals surface area (Å²) < 4.78 is 5.27. The second kappa shape index (κ2) is 3.88. The smallest absolute Gasteiger partial charge is 0.151 e. The minimum atomic E-state index is -0.677. The average molecular weight is 169 g/mol. The molecule has 1 aliphatic rings. The molecule has 0 amide bonds. The molecule has 0 saturated heterocycles. The zero-order chi connectivity index (χ0) is 9.03. The third-order valence-electron chi connectivity index (χ3n) is 2.12. The van der Waals surface area contributed by atoms with E-state index in [0.717, 1.165) is 6.42 Å². The van der Waals surface area contributed by atoms with Gasteiger partial charge < -0.3 is 9.84 Å². The second-order valence-electron chi connectivity index (χ2n) is 3.56. The van der Waals surface area contributed by atoms with Crippen molar-refractivity contribution < 1.29 is 9.84 Å². The summed E-state index contributed by atoms with van der Waals surface area (Å²) in [4.78, 5) is 0. The predicted molar refractivity (Wildman–Crippen MR) is 44.4 cm³/mol. The Morgan fingerprint density at radius 3 is 2.75 bits per heavy atom. The highest BCUT2D eigenvalue weighted by molar-refractivity contribution is 5.01. The van der Waals surface area contributed by atoms with Gasteiger partial charge in [-0.05, 0) is 19.3 Å². The molecular weight excluding hydrogens is 154 g/mol. The molecule has 68 valence electrons. The van der Waals surface area contributed by atoms with Gasteiger partial charge in [-0.15, -0.1) is 0 Å². The zero-order valence-corrected chi connectivity index (χ0v) is 7.42. The average Bonchev–Trinajstić information content (AvgIpc) is 2.85. The third-order valence-corrected chi connectivity index (χ3v) is 2.12. The van der Waals surface area contributed by atoms with Gasteiger partial charge in [-0.1, -0.05) is 12.8 Å². The molecule has 1 rings (SSSR count). The van der Waals surface area contributed by atoms with Gasteiger partial charge in [-0.3, -0.25) is 0 Å². The molecule has 0 spiro atoms. The largest absolute Gasteiger partial charge is 0.394 e. The van der Waals surface area contributed by atoms with E-state index in [4.69, 9.17) is 15.1 Å². The van der Waals surface area contributed by atoms with Crippen molar-refractivity contribution in [3.63, 3.8) is 0 Å². The molecule has 1 fully saturated rings. The number of nitrogens with zero attached hydrogens (tertiary/aromatic N) is 1. The molecule has 3 heteroatoms. The lowest BCUT2D eigenvalue weighted by atomic mass is 10.0. The molecule has 0 radical (unpaired) electrons. The van der Waals surface area contributed by atoms with Crippen molar-refractivity contribution >= 4 is 0 Å². The van der Waals surface area contributed by atoms with E-state index in [0.29, 0.717) is 5.92 Å². The lowest BCUT2D eigenvalue weighted by Gasteiger charge is -2.21. The lowest BCUT2D eigenvalue weighted by Crippen LogP contribution is -2.28. The quantitative estimate of drug-likeness (QED) is 0.670. The van der Waals surface area contributed by atoms with Crippen LogP contribution in [0.5, 0.6) is 0 Å². The SMILES string of the molecule is CC(C#N)(CC1CC1)OCCO. The van der Waals surface area contributed by atoms with Crippen LogP contribution in [-0.4, -0.2) is 23.9 Å². The van der Waals surface area contributed by atoms with Crippen molar-refractivity contribution in [2.45, 2.75) is 31.8 Å². The molecule has 1 saturated carbocycles. The number of hydrogen-bond donors (Lipinski definition) is 1. The maximum Gasteiger partial charge on any atom is 0.151 e. The van der Waals surface area contributed by atoms with E-state index < -0.39 is 5.60 Å². The Morgan fingerprint density at radius 2 is 2.33 bits per heavy atom. The Balaban J connectivity index is 2.32. The number of ether oxygens (including phenoxy) is 1. The van der Waals surface area contributed by atoms with Gasteiger partial charge in [-0.25, -0.2) is 0 Å². The summed E-state index contributed by atoms with van der Waals surface area (Å²) >= 11 is 0. The first-order chi connectivity index (χ1) is 5.70. The predicted octanol–water partition coefficient (Wildman–Crippen LogP) is 1.08. The van der Waals surface area contributed by atoms with Gasteiger partial charge in [0.05, 0.1) is 19.3 Å². The Kier molecular flexibility index (Phi) is 3.07. The molecule has 0 aromatic carbocycles. The maximum absolute atomic E-state index is 8.83. The molecule has 0 aromatic rings. The second-order valence-corrected chi connectivity index (χ2v) is 3.56.